The lowest BCUT2D eigenvalue weighted by atomic mass is 9.95. The maximum Gasteiger partial charge on any atom is 0.301 e. The predicted molar refractivity (Wildman–Crippen MR) is 164 cm³/mol. The number of thioether (sulfide) groups is 1. The van der Waals surface area contributed by atoms with E-state index < -0.39 is 17.7 Å². The third kappa shape index (κ3) is 6.67. The molecule has 1 fully saturated rings. The molecule has 11 heteroatoms. The molecule has 3 aromatic carbocycles. The van der Waals surface area contributed by atoms with Gasteiger partial charge in [0.2, 0.25) is 5.13 Å². The minimum absolute atomic E-state index is 0.0684. The third-order valence-electron chi connectivity index (χ3n) is 6.63. The van der Waals surface area contributed by atoms with Crippen LogP contribution in [0.3, 0.4) is 0 Å². The largest absolute Gasteiger partial charge is 0.507 e. The first-order valence-electron chi connectivity index (χ1n) is 13.4. The molecule has 0 aliphatic carbocycles. The summed E-state index contributed by atoms with van der Waals surface area (Å²) in [7, 11) is 0. The van der Waals surface area contributed by atoms with Crippen LogP contribution < -0.4 is 9.64 Å². The van der Waals surface area contributed by atoms with E-state index in [0.29, 0.717) is 38.6 Å². The summed E-state index contributed by atoms with van der Waals surface area (Å²) in [5.41, 5.74) is 1.76. The molecule has 1 aliphatic rings. The molecule has 4 aromatic rings. The molecule has 0 saturated carbocycles. The number of hydrogen-bond donors (Lipinski definition) is 1. The van der Waals surface area contributed by atoms with Gasteiger partial charge < -0.3 is 9.84 Å². The van der Waals surface area contributed by atoms with Crippen molar-refractivity contribution in [1.82, 2.24) is 10.2 Å². The summed E-state index contributed by atoms with van der Waals surface area (Å²) >= 11 is 8.58. The Balaban J connectivity index is 1.51. The molecule has 1 amide bonds. The second-order valence-corrected chi connectivity index (χ2v) is 12.2. The van der Waals surface area contributed by atoms with Gasteiger partial charge in [-0.1, -0.05) is 78.7 Å². The first kappa shape index (κ1) is 29.8. The van der Waals surface area contributed by atoms with Gasteiger partial charge in [-0.3, -0.25) is 14.5 Å². The van der Waals surface area contributed by atoms with E-state index in [1.54, 1.807) is 54.6 Å². The fourth-order valence-electron chi connectivity index (χ4n) is 4.51. The normalized spacial score (nSPS) is 16.3. The van der Waals surface area contributed by atoms with Crippen molar-refractivity contribution in [2.24, 2.45) is 0 Å². The smallest absolute Gasteiger partial charge is 0.301 e. The van der Waals surface area contributed by atoms with E-state index in [1.807, 2.05) is 6.07 Å². The Morgan fingerprint density at radius 2 is 1.83 bits per heavy atom. The van der Waals surface area contributed by atoms with Crippen molar-refractivity contribution in [3.8, 4) is 5.75 Å². The molecule has 2 heterocycles. The molecule has 1 aromatic heterocycles. The maximum absolute atomic E-state index is 13.5. The number of halogens is 2. The number of hydrogen-bond acceptors (Lipinski definition) is 8. The Morgan fingerprint density at radius 3 is 2.57 bits per heavy atom. The minimum Gasteiger partial charge on any atom is -0.507 e. The lowest BCUT2D eigenvalue weighted by Crippen LogP contribution is -2.29. The average molecular weight is 624 g/mol. The Labute approximate surface area is 256 Å². The summed E-state index contributed by atoms with van der Waals surface area (Å²) in [6, 6.07) is 18.7. The van der Waals surface area contributed by atoms with Gasteiger partial charge in [0.15, 0.2) is 4.34 Å². The van der Waals surface area contributed by atoms with E-state index >= 15 is 0 Å². The highest BCUT2D eigenvalue weighted by atomic mass is 35.5. The van der Waals surface area contributed by atoms with Gasteiger partial charge in [0.05, 0.1) is 18.2 Å². The summed E-state index contributed by atoms with van der Waals surface area (Å²) < 4.78 is 19.8. The quantitative estimate of drug-likeness (QED) is 0.0455. The van der Waals surface area contributed by atoms with Crippen LogP contribution in [0.15, 0.2) is 82.7 Å². The molecule has 0 spiro atoms. The molecule has 7 nitrogen and oxygen atoms in total. The zero-order valence-corrected chi connectivity index (χ0v) is 25.0. The number of nitrogens with zero attached hydrogens (tertiary/aromatic N) is 3. The van der Waals surface area contributed by atoms with Crippen LogP contribution in [0.1, 0.15) is 48.9 Å². The van der Waals surface area contributed by atoms with Crippen LogP contribution in [0, 0.1) is 5.82 Å². The van der Waals surface area contributed by atoms with Gasteiger partial charge in [-0.05, 0) is 66.1 Å². The van der Waals surface area contributed by atoms with Crippen molar-refractivity contribution in [3.05, 3.63) is 106 Å². The van der Waals surface area contributed by atoms with Crippen molar-refractivity contribution >= 4 is 57.3 Å². The van der Waals surface area contributed by atoms with E-state index in [9.17, 15) is 19.1 Å². The lowest BCUT2D eigenvalue weighted by molar-refractivity contribution is -0.132. The van der Waals surface area contributed by atoms with E-state index in [-0.39, 0.29) is 22.3 Å². The maximum atomic E-state index is 13.5. The molecule has 1 N–H and O–H groups in total. The van der Waals surface area contributed by atoms with Gasteiger partial charge >= 0.3 is 5.91 Å². The number of carbonyl (C=O) groups is 2. The second-order valence-electron chi connectivity index (χ2n) is 9.57. The molecule has 5 rings (SSSR count). The molecule has 1 saturated heterocycles. The zero-order valence-electron chi connectivity index (χ0n) is 22.6. The number of aliphatic hydroxyl groups is 1. The van der Waals surface area contributed by atoms with Crippen molar-refractivity contribution < 1.29 is 23.8 Å². The molecular weight excluding hydrogens is 597 g/mol. The summed E-state index contributed by atoms with van der Waals surface area (Å²) in [5.74, 6) is -1.18. The molecule has 0 bridgehead atoms. The van der Waals surface area contributed by atoms with E-state index in [4.69, 9.17) is 16.3 Å². The summed E-state index contributed by atoms with van der Waals surface area (Å²) in [4.78, 5) is 28.3. The van der Waals surface area contributed by atoms with Gasteiger partial charge in [-0.2, -0.15) is 0 Å². The van der Waals surface area contributed by atoms with Crippen LogP contribution in [-0.4, -0.2) is 33.6 Å². The monoisotopic (exact) mass is 623 g/mol. The highest BCUT2D eigenvalue weighted by Crippen LogP contribution is 2.44. The standard InChI is InChI=1S/C31H27ClFN3O4S2/c1-2-3-4-16-40-24-7-5-6-21(17-24)26-25(27(37)20-10-12-22(32)13-11-20)28(38)29(39)36(26)30-34-35-31(42-30)41-18-19-8-14-23(33)15-9-19/h5-15,17,26,37H,2-4,16,18H2,1H3. The molecule has 216 valence electrons. The lowest BCUT2D eigenvalue weighted by Gasteiger charge is -2.23. The van der Waals surface area contributed by atoms with Crippen molar-refractivity contribution in [2.45, 2.75) is 42.3 Å². The Kier molecular flexibility index (Phi) is 9.56. The van der Waals surface area contributed by atoms with Gasteiger partial charge in [0, 0.05) is 16.3 Å². The second kappa shape index (κ2) is 13.5. The summed E-state index contributed by atoms with van der Waals surface area (Å²) in [5, 5.41) is 20.5. The van der Waals surface area contributed by atoms with E-state index in [0.717, 1.165) is 36.2 Å². The number of ketones is 1. The topological polar surface area (TPSA) is 92.6 Å². The SMILES string of the molecule is CCCCCOc1cccc(C2C(=C(O)c3ccc(Cl)cc3)C(=O)C(=O)N2c2nnc(SCc3ccc(F)cc3)s2)c1. The zero-order chi connectivity index (χ0) is 29.6. The number of aromatic nitrogens is 2. The van der Waals surface area contributed by atoms with Gasteiger partial charge in [0.25, 0.3) is 5.78 Å². The fourth-order valence-corrected chi connectivity index (χ4v) is 6.46. The molecule has 42 heavy (non-hydrogen) atoms. The van der Waals surface area contributed by atoms with Crippen LogP contribution in [0.25, 0.3) is 5.76 Å². The van der Waals surface area contributed by atoms with Crippen molar-refractivity contribution in [2.75, 3.05) is 11.5 Å². The van der Waals surface area contributed by atoms with Crippen LogP contribution in [0.5, 0.6) is 5.75 Å². The summed E-state index contributed by atoms with van der Waals surface area (Å²) in [6.45, 7) is 2.65. The molecule has 1 atom stereocenters. The third-order valence-corrected chi connectivity index (χ3v) is 9.01. The fraction of sp³-hybridized carbons (Fsp3) is 0.226. The molecular formula is C31H27ClFN3O4S2. The van der Waals surface area contributed by atoms with Gasteiger partial charge in [0.1, 0.15) is 17.3 Å². The van der Waals surface area contributed by atoms with Crippen LogP contribution in [-0.2, 0) is 15.3 Å². The molecule has 1 unspecified atom stereocenters. The number of Topliss-reactive ketones (excluding diaryl/α,β-unsaturated/α-hetero) is 1. The molecule has 0 radical (unpaired) electrons. The summed E-state index contributed by atoms with van der Waals surface area (Å²) in [6.07, 6.45) is 3.01. The van der Waals surface area contributed by atoms with E-state index in [1.165, 1.54) is 28.8 Å². The number of rotatable bonds is 11. The average Bonchev–Trinajstić information content (AvgIpc) is 3.57. The predicted octanol–water partition coefficient (Wildman–Crippen LogP) is 7.82. The molecule has 1 aliphatic heterocycles. The van der Waals surface area contributed by atoms with Crippen LogP contribution in [0.2, 0.25) is 5.02 Å². The van der Waals surface area contributed by atoms with Crippen LogP contribution >= 0.6 is 34.7 Å². The first-order chi connectivity index (χ1) is 20.4. The number of benzene rings is 3. The Morgan fingerprint density at radius 1 is 1.07 bits per heavy atom. The Bertz CT molecular complexity index is 1610. The van der Waals surface area contributed by atoms with Crippen molar-refractivity contribution in [1.29, 1.82) is 0 Å². The number of amides is 1. The highest BCUT2D eigenvalue weighted by Gasteiger charge is 2.48. The number of unbranched alkanes of at least 4 members (excludes halogenated alkanes) is 2. The number of anilines is 1. The first-order valence-corrected chi connectivity index (χ1v) is 15.5. The van der Waals surface area contributed by atoms with Gasteiger partial charge in [-0.15, -0.1) is 10.2 Å². The highest BCUT2D eigenvalue weighted by molar-refractivity contribution is 8.00. The Hall–Kier alpha value is -3.73. The number of carbonyl (C=O) groups excluding carboxylic acids is 2. The minimum atomic E-state index is -0.970. The van der Waals surface area contributed by atoms with Crippen molar-refractivity contribution in [3.63, 3.8) is 0 Å². The number of ether oxygens (including phenoxy) is 1. The number of aliphatic hydroxyl groups excluding tert-OH is 1. The van der Waals surface area contributed by atoms with Gasteiger partial charge in [-0.25, -0.2) is 4.39 Å². The van der Waals surface area contributed by atoms with Crippen LogP contribution in [0.4, 0.5) is 9.52 Å². The van der Waals surface area contributed by atoms with E-state index in [2.05, 4.69) is 17.1 Å².